The summed E-state index contributed by atoms with van der Waals surface area (Å²) in [7, 11) is -0.000171. The Kier molecular flexibility index (Phi) is 6.01. The maximum atomic E-state index is 12.5. The number of rotatable bonds is 6. The molecule has 20 heavy (non-hydrogen) atoms. The van der Waals surface area contributed by atoms with Gasteiger partial charge in [-0.25, -0.2) is 0 Å². The van der Waals surface area contributed by atoms with Gasteiger partial charge in [-0.3, -0.25) is 9.00 Å². The van der Waals surface area contributed by atoms with Gasteiger partial charge in [0.1, 0.15) is 11.0 Å². The van der Waals surface area contributed by atoms with Crippen molar-refractivity contribution in [2.75, 3.05) is 19.4 Å². The minimum Gasteiger partial charge on any atom is -0.495 e. The summed E-state index contributed by atoms with van der Waals surface area (Å²) in [6.45, 7) is 6.22. The van der Waals surface area contributed by atoms with Crippen LogP contribution < -0.4 is 15.8 Å². The second-order valence-electron chi connectivity index (χ2n) is 4.99. The number of carbonyl (C=O) groups is 1. The Morgan fingerprint density at radius 1 is 1.40 bits per heavy atom. The van der Waals surface area contributed by atoms with E-state index < -0.39 is 16.0 Å². The fourth-order valence-corrected chi connectivity index (χ4v) is 2.79. The maximum Gasteiger partial charge on any atom is 0.235 e. The molecule has 0 fully saturated rings. The molecule has 0 radical (unpaired) electrons. The lowest BCUT2D eigenvalue weighted by atomic mass is 10.2. The van der Waals surface area contributed by atoms with Crippen LogP contribution in [0.5, 0.6) is 5.75 Å². The number of nitrogens with two attached hydrogens (primary N) is 1. The van der Waals surface area contributed by atoms with Gasteiger partial charge in [-0.05, 0) is 25.0 Å². The van der Waals surface area contributed by atoms with E-state index in [1.807, 2.05) is 13.8 Å². The van der Waals surface area contributed by atoms with Gasteiger partial charge in [0.2, 0.25) is 5.91 Å². The molecule has 0 bridgehead atoms. The fourth-order valence-electron chi connectivity index (χ4n) is 1.59. The molecule has 0 saturated heterocycles. The molecule has 0 heterocycles. The molecule has 6 heteroatoms. The third-order valence-electron chi connectivity index (χ3n) is 2.78. The highest BCUT2D eigenvalue weighted by Crippen LogP contribution is 2.26. The van der Waals surface area contributed by atoms with Gasteiger partial charge in [-0.2, -0.15) is 0 Å². The number of hydrogen-bond donors (Lipinski definition) is 2. The van der Waals surface area contributed by atoms with Crippen molar-refractivity contribution in [1.29, 1.82) is 0 Å². The monoisotopic (exact) mass is 298 g/mol. The van der Waals surface area contributed by atoms with E-state index in [1.54, 1.807) is 25.1 Å². The number of nitrogens with one attached hydrogen (secondary N) is 1. The molecular weight excluding hydrogens is 276 g/mol. The molecule has 0 aromatic heterocycles. The van der Waals surface area contributed by atoms with E-state index in [9.17, 15) is 9.00 Å². The Bertz CT molecular complexity index is 503. The Morgan fingerprint density at radius 3 is 2.60 bits per heavy atom. The van der Waals surface area contributed by atoms with Crippen LogP contribution in [-0.4, -0.2) is 29.0 Å². The highest BCUT2D eigenvalue weighted by Gasteiger charge is 2.23. The maximum absolute atomic E-state index is 12.5. The molecule has 112 valence electrons. The number of hydrogen-bond acceptors (Lipinski definition) is 4. The zero-order valence-electron chi connectivity index (χ0n) is 12.3. The standard InChI is InChI=1S/C14H22N2O3S/c1-9(2)8-16-14(17)10(3)20(18)13-6-5-11(15)7-12(13)19-4/h5-7,9-10H,8,15H2,1-4H3,(H,16,17). The van der Waals surface area contributed by atoms with Crippen LogP contribution in [0.25, 0.3) is 0 Å². The second-order valence-corrected chi connectivity index (χ2v) is 6.73. The van der Waals surface area contributed by atoms with Crippen LogP contribution >= 0.6 is 0 Å². The Balaban J connectivity index is 2.86. The van der Waals surface area contributed by atoms with Gasteiger partial charge in [0.25, 0.3) is 0 Å². The van der Waals surface area contributed by atoms with Gasteiger partial charge in [-0.15, -0.1) is 0 Å². The number of amides is 1. The third kappa shape index (κ3) is 4.23. The molecule has 1 aromatic rings. The number of ether oxygens (including phenoxy) is 1. The van der Waals surface area contributed by atoms with Gasteiger partial charge in [-0.1, -0.05) is 13.8 Å². The summed E-state index contributed by atoms with van der Waals surface area (Å²) in [5, 5.41) is 2.14. The summed E-state index contributed by atoms with van der Waals surface area (Å²) in [4.78, 5) is 12.4. The lowest BCUT2D eigenvalue weighted by molar-refractivity contribution is -0.120. The van der Waals surface area contributed by atoms with Gasteiger partial charge in [0.05, 0.1) is 22.8 Å². The van der Waals surface area contributed by atoms with E-state index in [4.69, 9.17) is 10.5 Å². The van der Waals surface area contributed by atoms with Crippen molar-refractivity contribution in [2.45, 2.75) is 30.9 Å². The van der Waals surface area contributed by atoms with Crippen LogP contribution in [0.2, 0.25) is 0 Å². The van der Waals surface area contributed by atoms with Crippen LogP contribution in [0.15, 0.2) is 23.1 Å². The first-order valence-corrected chi connectivity index (χ1v) is 7.70. The highest BCUT2D eigenvalue weighted by atomic mass is 32.2. The van der Waals surface area contributed by atoms with Gasteiger partial charge in [0, 0.05) is 18.3 Å². The summed E-state index contributed by atoms with van der Waals surface area (Å²) < 4.78 is 17.6. The van der Waals surface area contributed by atoms with Crippen molar-refractivity contribution in [2.24, 2.45) is 5.92 Å². The number of nitrogen functional groups attached to an aromatic ring is 1. The third-order valence-corrected chi connectivity index (χ3v) is 4.41. The topological polar surface area (TPSA) is 81.4 Å². The van der Waals surface area contributed by atoms with Crippen LogP contribution in [-0.2, 0) is 15.6 Å². The lowest BCUT2D eigenvalue weighted by Crippen LogP contribution is -2.37. The Morgan fingerprint density at radius 2 is 2.05 bits per heavy atom. The first kappa shape index (κ1) is 16.5. The fraction of sp³-hybridized carbons (Fsp3) is 0.500. The number of benzene rings is 1. The van der Waals surface area contributed by atoms with Crippen LogP contribution in [0.1, 0.15) is 20.8 Å². The van der Waals surface area contributed by atoms with E-state index in [0.717, 1.165) is 0 Å². The van der Waals surface area contributed by atoms with E-state index in [2.05, 4.69) is 5.32 Å². The Labute approximate surface area is 122 Å². The zero-order chi connectivity index (χ0) is 15.3. The molecule has 1 rings (SSSR count). The molecule has 0 aliphatic heterocycles. The van der Waals surface area contributed by atoms with Crippen molar-refractivity contribution in [3.8, 4) is 5.75 Å². The average Bonchev–Trinajstić information content (AvgIpc) is 2.42. The number of methoxy groups -OCH3 is 1. The Hall–Kier alpha value is -1.56. The molecule has 2 atom stereocenters. The summed E-state index contributed by atoms with van der Waals surface area (Å²) in [6, 6.07) is 4.89. The number of anilines is 1. The van der Waals surface area contributed by atoms with Crippen LogP contribution in [0.3, 0.4) is 0 Å². The predicted octanol–water partition coefficient (Wildman–Crippen LogP) is 1.55. The SMILES string of the molecule is COc1cc(N)ccc1S(=O)C(C)C(=O)NCC(C)C. The van der Waals surface area contributed by atoms with E-state index in [-0.39, 0.29) is 5.91 Å². The first-order chi connectivity index (χ1) is 9.36. The molecule has 5 nitrogen and oxygen atoms in total. The molecular formula is C14H22N2O3S. The zero-order valence-corrected chi connectivity index (χ0v) is 13.1. The van der Waals surface area contributed by atoms with Gasteiger partial charge < -0.3 is 15.8 Å². The van der Waals surface area contributed by atoms with Crippen molar-refractivity contribution in [3.63, 3.8) is 0 Å². The summed E-state index contributed by atoms with van der Waals surface area (Å²) in [5.74, 6) is 0.563. The molecule has 2 unspecified atom stereocenters. The van der Waals surface area contributed by atoms with Crippen molar-refractivity contribution >= 4 is 22.4 Å². The lowest BCUT2D eigenvalue weighted by Gasteiger charge is -2.15. The van der Waals surface area contributed by atoms with E-state index in [1.165, 1.54) is 7.11 Å². The molecule has 0 aliphatic rings. The van der Waals surface area contributed by atoms with Gasteiger partial charge in [0.15, 0.2) is 0 Å². The molecule has 1 amide bonds. The normalized spacial score (nSPS) is 13.8. The summed E-state index contributed by atoms with van der Waals surface area (Å²) in [6.07, 6.45) is 0. The summed E-state index contributed by atoms with van der Waals surface area (Å²) >= 11 is 0. The van der Waals surface area contributed by atoms with Crippen molar-refractivity contribution < 1.29 is 13.7 Å². The van der Waals surface area contributed by atoms with Gasteiger partial charge >= 0.3 is 0 Å². The van der Waals surface area contributed by atoms with Crippen molar-refractivity contribution in [3.05, 3.63) is 18.2 Å². The van der Waals surface area contributed by atoms with E-state index in [0.29, 0.717) is 28.8 Å². The molecule has 0 spiro atoms. The quantitative estimate of drug-likeness (QED) is 0.781. The molecule has 0 aliphatic carbocycles. The minimum absolute atomic E-state index is 0.226. The van der Waals surface area contributed by atoms with Crippen molar-refractivity contribution in [1.82, 2.24) is 5.32 Å². The second kappa shape index (κ2) is 7.28. The molecule has 1 aromatic carbocycles. The number of carbonyl (C=O) groups excluding carboxylic acids is 1. The van der Waals surface area contributed by atoms with Crippen LogP contribution in [0, 0.1) is 5.92 Å². The molecule has 0 saturated carbocycles. The minimum atomic E-state index is -1.49. The summed E-state index contributed by atoms with van der Waals surface area (Å²) in [5.41, 5.74) is 6.19. The molecule has 3 N–H and O–H groups in total. The first-order valence-electron chi connectivity index (χ1n) is 6.48. The average molecular weight is 298 g/mol. The predicted molar refractivity (Wildman–Crippen MR) is 81.1 cm³/mol. The largest absolute Gasteiger partial charge is 0.495 e. The van der Waals surface area contributed by atoms with E-state index >= 15 is 0 Å². The smallest absolute Gasteiger partial charge is 0.235 e. The highest BCUT2D eigenvalue weighted by molar-refractivity contribution is 7.86. The van der Waals surface area contributed by atoms with Crippen LogP contribution in [0.4, 0.5) is 5.69 Å².